The molecule has 0 bridgehead atoms. The molecule has 8 heteroatoms. The lowest BCUT2D eigenvalue weighted by Crippen LogP contribution is -1.98. The van der Waals surface area contributed by atoms with E-state index in [1.54, 1.807) is 0 Å². The molecule has 8 nitrogen and oxygen atoms in total. The van der Waals surface area contributed by atoms with Gasteiger partial charge in [0.05, 0.1) is 45.8 Å². The van der Waals surface area contributed by atoms with Crippen molar-refractivity contribution in [1.82, 2.24) is 29.1 Å². The summed E-state index contributed by atoms with van der Waals surface area (Å²) in [6.45, 7) is 4.20. The van der Waals surface area contributed by atoms with E-state index < -0.39 is 0 Å². The highest BCUT2D eigenvalue weighted by molar-refractivity contribution is 6.10. The van der Waals surface area contributed by atoms with Crippen LogP contribution in [-0.2, 0) is 25.7 Å². The van der Waals surface area contributed by atoms with Crippen molar-refractivity contribution in [2.45, 2.75) is 52.4 Å². The Morgan fingerprint density at radius 1 is 0.409 bits per heavy atom. The number of ether oxygens (including phenoxy) is 2. The molecule has 13 rings (SSSR count). The molecule has 11 aromatic rings. The van der Waals surface area contributed by atoms with Crippen LogP contribution in [0.25, 0.3) is 77.8 Å². The summed E-state index contributed by atoms with van der Waals surface area (Å²) in [4.78, 5) is 19.8. The first-order valence-corrected chi connectivity index (χ1v) is 22.9. The molecule has 0 atom stereocenters. The van der Waals surface area contributed by atoms with Gasteiger partial charge in [0.2, 0.25) is 0 Å². The van der Waals surface area contributed by atoms with Crippen molar-refractivity contribution in [2.75, 3.05) is 0 Å². The fraction of sp³-hybridized carbons (Fsp3) is 0.138. The van der Waals surface area contributed by atoms with Gasteiger partial charge in [0.25, 0.3) is 0 Å². The predicted molar refractivity (Wildman–Crippen MR) is 264 cm³/mol. The molecule has 5 heterocycles. The van der Waals surface area contributed by atoms with E-state index in [-0.39, 0.29) is 0 Å². The minimum absolute atomic E-state index is 0.770. The predicted octanol–water partition coefficient (Wildman–Crippen LogP) is 14.0. The second kappa shape index (κ2) is 15.3. The molecule has 2 aliphatic carbocycles. The molecule has 0 spiro atoms. The highest BCUT2D eigenvalue weighted by atomic mass is 16.5. The number of hydrogen-bond acceptors (Lipinski definition) is 6. The van der Waals surface area contributed by atoms with Crippen LogP contribution in [0.15, 0.2) is 158 Å². The van der Waals surface area contributed by atoms with Crippen LogP contribution in [-0.4, -0.2) is 29.1 Å². The molecular weight excluding hydrogens is 813 g/mol. The van der Waals surface area contributed by atoms with E-state index in [0.717, 1.165) is 140 Å². The number of fused-ring (bicyclic) bond motifs is 8. The summed E-state index contributed by atoms with van der Waals surface area (Å²) in [6.07, 6.45) is 13.9. The van der Waals surface area contributed by atoms with Crippen LogP contribution in [0, 0.1) is 13.8 Å². The van der Waals surface area contributed by atoms with Crippen LogP contribution in [0.3, 0.4) is 0 Å². The van der Waals surface area contributed by atoms with Crippen LogP contribution < -0.4 is 9.47 Å². The molecule has 66 heavy (non-hydrogen) atoms. The number of para-hydroxylation sites is 2. The molecule has 0 aliphatic heterocycles. The van der Waals surface area contributed by atoms with Crippen LogP contribution >= 0.6 is 0 Å². The van der Waals surface area contributed by atoms with E-state index >= 15 is 0 Å². The first-order valence-electron chi connectivity index (χ1n) is 22.9. The van der Waals surface area contributed by atoms with Gasteiger partial charge < -0.3 is 9.47 Å². The lowest BCUT2D eigenvalue weighted by molar-refractivity contribution is 0.482. The van der Waals surface area contributed by atoms with Crippen molar-refractivity contribution >= 4 is 43.6 Å². The van der Waals surface area contributed by atoms with E-state index in [1.807, 2.05) is 36.9 Å². The van der Waals surface area contributed by atoms with E-state index in [2.05, 4.69) is 144 Å². The number of aromatic nitrogens is 6. The lowest BCUT2D eigenvalue weighted by atomic mass is 9.99. The molecule has 318 valence electrons. The topological polar surface area (TPSA) is 79.9 Å². The van der Waals surface area contributed by atoms with Gasteiger partial charge in [0.15, 0.2) is 0 Å². The van der Waals surface area contributed by atoms with Gasteiger partial charge in [0.1, 0.15) is 34.6 Å². The fourth-order valence-corrected chi connectivity index (χ4v) is 10.6. The fourth-order valence-electron chi connectivity index (χ4n) is 10.6. The summed E-state index contributed by atoms with van der Waals surface area (Å²) in [7, 11) is 0. The number of rotatable bonds is 8. The Morgan fingerprint density at radius 2 is 0.864 bits per heavy atom. The van der Waals surface area contributed by atoms with Gasteiger partial charge in [0, 0.05) is 57.2 Å². The average Bonchev–Trinajstić information content (AvgIpc) is 4.15. The van der Waals surface area contributed by atoms with Crippen molar-refractivity contribution in [1.29, 1.82) is 0 Å². The quantitative estimate of drug-likeness (QED) is 0.151. The minimum atomic E-state index is 0.770. The maximum atomic E-state index is 6.76. The van der Waals surface area contributed by atoms with E-state index in [9.17, 15) is 0 Å². The zero-order valence-electron chi connectivity index (χ0n) is 36.8. The zero-order valence-corrected chi connectivity index (χ0v) is 36.8. The van der Waals surface area contributed by atoms with Crippen molar-refractivity contribution < 1.29 is 9.47 Å². The van der Waals surface area contributed by atoms with Crippen molar-refractivity contribution in [3.8, 4) is 57.1 Å². The Kier molecular flexibility index (Phi) is 8.88. The molecule has 0 radical (unpaired) electrons. The number of nitrogens with zero attached hydrogens (tertiary/aromatic N) is 6. The van der Waals surface area contributed by atoms with Gasteiger partial charge in [-0.15, -0.1) is 0 Å². The van der Waals surface area contributed by atoms with E-state index in [4.69, 9.17) is 29.4 Å². The second-order valence-corrected chi connectivity index (χ2v) is 17.9. The smallest absolute Gasteiger partial charge is 0.137 e. The van der Waals surface area contributed by atoms with Gasteiger partial charge in [-0.25, -0.2) is 9.97 Å². The molecule has 2 aliphatic rings. The third kappa shape index (κ3) is 6.43. The van der Waals surface area contributed by atoms with Crippen molar-refractivity contribution in [3.05, 3.63) is 192 Å². The Morgan fingerprint density at radius 3 is 1.32 bits per heavy atom. The Bertz CT molecular complexity index is 3510. The summed E-state index contributed by atoms with van der Waals surface area (Å²) < 4.78 is 18.0. The second-order valence-electron chi connectivity index (χ2n) is 17.9. The highest BCUT2D eigenvalue weighted by Gasteiger charge is 2.23. The standard InChI is InChI=1S/C58H44N6O2/c1-35-21-23-59-57(25-35)63-53-15-5-3-11-45(53)47-19-17-39(31-55(47)63)65-41-27-37-9-7-13-43(37)49(29-41)51-33-62-52(34-61-51)50-30-42(28-38-10-8-14-44(38)50)66-40-18-20-48-46-12-4-6-16-54(46)64(56(48)32-40)58-26-36(2)22-24-60-58/h3-6,11-12,15-34H,7-10,13-14H2,1-2H3. The maximum Gasteiger partial charge on any atom is 0.137 e. The van der Waals surface area contributed by atoms with Gasteiger partial charge in [-0.3, -0.25) is 19.1 Å². The molecule has 0 fully saturated rings. The largest absolute Gasteiger partial charge is 0.457 e. The first kappa shape index (κ1) is 38.4. The molecule has 0 saturated heterocycles. The molecule has 6 aromatic carbocycles. The van der Waals surface area contributed by atoms with E-state index in [0.29, 0.717) is 0 Å². The molecule has 0 unspecified atom stereocenters. The van der Waals surface area contributed by atoms with Crippen LogP contribution in [0.2, 0.25) is 0 Å². The summed E-state index contributed by atoms with van der Waals surface area (Å²) in [6, 6.07) is 46.8. The van der Waals surface area contributed by atoms with Crippen LogP contribution in [0.5, 0.6) is 23.0 Å². The molecule has 0 amide bonds. The number of benzene rings is 6. The maximum absolute atomic E-state index is 6.76. The van der Waals surface area contributed by atoms with Crippen LogP contribution in [0.1, 0.15) is 46.2 Å². The number of aryl methyl sites for hydroxylation is 4. The van der Waals surface area contributed by atoms with Crippen molar-refractivity contribution in [2.24, 2.45) is 0 Å². The van der Waals surface area contributed by atoms with Gasteiger partial charge >= 0.3 is 0 Å². The number of pyridine rings is 2. The normalized spacial score (nSPS) is 13.2. The molecular formula is C58H44N6O2. The summed E-state index contributed by atoms with van der Waals surface area (Å²) in [5.74, 6) is 4.90. The monoisotopic (exact) mass is 856 g/mol. The Balaban J connectivity index is 0.831. The molecule has 0 N–H and O–H groups in total. The average molecular weight is 857 g/mol. The summed E-state index contributed by atoms with van der Waals surface area (Å²) in [5.41, 5.74) is 15.8. The van der Waals surface area contributed by atoms with E-state index in [1.165, 1.54) is 33.0 Å². The molecule has 5 aromatic heterocycles. The SMILES string of the molecule is Cc1ccnc(-n2c3ccccc3c3ccc(Oc4cc5c(c(-c6cnc(-c7cc(Oc8ccc9c%10ccccc%10n(-c%10cc(C)ccn%10)c9c8)cc8c7CCC8)cn6)c4)CCC5)cc32)c1. The summed E-state index contributed by atoms with van der Waals surface area (Å²) >= 11 is 0. The lowest BCUT2D eigenvalue weighted by Gasteiger charge is -2.15. The Labute approximate surface area is 381 Å². The zero-order chi connectivity index (χ0) is 43.9. The molecule has 0 saturated carbocycles. The Hall–Kier alpha value is -8.10. The van der Waals surface area contributed by atoms with Gasteiger partial charge in [-0.05, 0) is 171 Å². The number of hydrogen-bond donors (Lipinski definition) is 0. The summed E-state index contributed by atoms with van der Waals surface area (Å²) in [5, 5.41) is 4.68. The highest BCUT2D eigenvalue weighted by Crippen LogP contribution is 2.42. The third-order valence-electron chi connectivity index (χ3n) is 13.6. The third-order valence-corrected chi connectivity index (χ3v) is 13.6. The van der Waals surface area contributed by atoms with Crippen molar-refractivity contribution in [3.63, 3.8) is 0 Å². The minimum Gasteiger partial charge on any atom is -0.457 e. The first-order chi connectivity index (χ1) is 32.5. The van der Waals surface area contributed by atoms with Gasteiger partial charge in [-0.2, -0.15) is 0 Å². The van der Waals surface area contributed by atoms with Crippen LogP contribution in [0.4, 0.5) is 0 Å². The van der Waals surface area contributed by atoms with Gasteiger partial charge in [-0.1, -0.05) is 36.4 Å².